The van der Waals surface area contributed by atoms with Crippen molar-refractivity contribution in [3.63, 3.8) is 0 Å². The highest BCUT2D eigenvalue weighted by Gasteiger charge is 2.10. The van der Waals surface area contributed by atoms with Gasteiger partial charge in [-0.2, -0.15) is 0 Å². The first-order valence-corrected chi connectivity index (χ1v) is 6.51. The van der Waals surface area contributed by atoms with Crippen LogP contribution in [0.4, 0.5) is 4.79 Å². The van der Waals surface area contributed by atoms with Gasteiger partial charge in [0, 0.05) is 18.9 Å². The summed E-state index contributed by atoms with van der Waals surface area (Å²) in [6, 6.07) is 3.42. The molecule has 0 spiro atoms. The van der Waals surface area contributed by atoms with Crippen LogP contribution >= 0.6 is 0 Å². The number of aryl methyl sites for hydroxylation is 1. The minimum atomic E-state index is -0.244. The third kappa shape index (κ3) is 3.53. The van der Waals surface area contributed by atoms with E-state index in [2.05, 4.69) is 25.8 Å². The first-order valence-electron chi connectivity index (χ1n) is 6.51. The van der Waals surface area contributed by atoms with Crippen molar-refractivity contribution in [2.75, 3.05) is 0 Å². The van der Waals surface area contributed by atoms with Crippen LogP contribution < -0.4 is 10.6 Å². The van der Waals surface area contributed by atoms with Gasteiger partial charge in [-0.1, -0.05) is 6.07 Å². The van der Waals surface area contributed by atoms with Gasteiger partial charge in [0.15, 0.2) is 5.82 Å². The van der Waals surface area contributed by atoms with Gasteiger partial charge in [0.1, 0.15) is 6.33 Å². The van der Waals surface area contributed by atoms with Gasteiger partial charge >= 0.3 is 6.03 Å². The average molecular weight is 274 g/mol. The van der Waals surface area contributed by atoms with Crippen LogP contribution in [-0.2, 0) is 13.1 Å². The average Bonchev–Trinajstić information content (AvgIpc) is 2.93. The van der Waals surface area contributed by atoms with Crippen LogP contribution in [0.1, 0.15) is 31.3 Å². The molecular formula is C13H18N6O. The number of carbonyl (C=O) groups is 1. The maximum Gasteiger partial charge on any atom is 0.315 e. The molecule has 20 heavy (non-hydrogen) atoms. The summed E-state index contributed by atoms with van der Waals surface area (Å²) in [5, 5.41) is 13.4. The van der Waals surface area contributed by atoms with E-state index in [-0.39, 0.29) is 12.1 Å². The quantitative estimate of drug-likeness (QED) is 0.859. The minimum Gasteiger partial charge on any atom is -0.332 e. The van der Waals surface area contributed by atoms with Gasteiger partial charge in [0.05, 0.1) is 12.6 Å². The van der Waals surface area contributed by atoms with Crippen molar-refractivity contribution < 1.29 is 4.79 Å². The lowest BCUT2D eigenvalue weighted by atomic mass is 10.1. The number of carbonyl (C=O) groups excluding carboxylic acids is 1. The highest BCUT2D eigenvalue weighted by Crippen LogP contribution is 2.09. The van der Waals surface area contributed by atoms with Crippen LogP contribution in [0.3, 0.4) is 0 Å². The molecule has 2 amide bonds. The first kappa shape index (κ1) is 14.0. The molecule has 0 radical (unpaired) electrons. The molecule has 0 aliphatic rings. The van der Waals surface area contributed by atoms with Crippen LogP contribution in [0.15, 0.2) is 30.9 Å². The third-order valence-corrected chi connectivity index (χ3v) is 2.98. The molecule has 2 aromatic rings. The maximum atomic E-state index is 11.8. The first-order chi connectivity index (χ1) is 9.70. The van der Waals surface area contributed by atoms with Gasteiger partial charge in [0.2, 0.25) is 0 Å². The Kier molecular flexibility index (Phi) is 4.65. The van der Waals surface area contributed by atoms with Crippen molar-refractivity contribution in [1.82, 2.24) is 30.4 Å². The van der Waals surface area contributed by atoms with Crippen molar-refractivity contribution in [3.05, 3.63) is 42.2 Å². The summed E-state index contributed by atoms with van der Waals surface area (Å²) in [5.74, 6) is 0.733. The molecule has 2 aromatic heterocycles. The zero-order valence-electron chi connectivity index (χ0n) is 11.6. The number of pyridine rings is 1. The summed E-state index contributed by atoms with van der Waals surface area (Å²) in [4.78, 5) is 15.9. The molecule has 0 bridgehead atoms. The van der Waals surface area contributed by atoms with Crippen molar-refractivity contribution in [2.24, 2.45) is 0 Å². The lowest BCUT2D eigenvalue weighted by Crippen LogP contribution is -2.37. The van der Waals surface area contributed by atoms with E-state index >= 15 is 0 Å². The maximum absolute atomic E-state index is 11.8. The predicted octanol–water partition coefficient (Wildman–Crippen LogP) is 1.25. The second-order valence-electron chi connectivity index (χ2n) is 4.37. The third-order valence-electron chi connectivity index (χ3n) is 2.98. The second kappa shape index (κ2) is 6.65. The molecule has 0 fully saturated rings. The van der Waals surface area contributed by atoms with Gasteiger partial charge in [0.25, 0.3) is 0 Å². The Hall–Kier alpha value is -2.44. The molecule has 106 valence electrons. The van der Waals surface area contributed by atoms with Crippen molar-refractivity contribution in [1.29, 1.82) is 0 Å². The van der Waals surface area contributed by atoms with Crippen LogP contribution in [0.5, 0.6) is 0 Å². The Labute approximate surface area is 117 Å². The van der Waals surface area contributed by atoms with Crippen LogP contribution in [0, 0.1) is 0 Å². The van der Waals surface area contributed by atoms with Crippen molar-refractivity contribution >= 4 is 6.03 Å². The Morgan fingerprint density at radius 1 is 1.50 bits per heavy atom. The lowest BCUT2D eigenvalue weighted by molar-refractivity contribution is 0.237. The fourth-order valence-electron chi connectivity index (χ4n) is 1.80. The molecule has 0 aliphatic heterocycles. The molecular weight excluding hydrogens is 256 g/mol. The van der Waals surface area contributed by atoms with E-state index in [1.54, 1.807) is 18.7 Å². The highest BCUT2D eigenvalue weighted by molar-refractivity contribution is 5.74. The fourth-order valence-corrected chi connectivity index (χ4v) is 1.80. The van der Waals surface area contributed by atoms with Gasteiger partial charge < -0.3 is 15.2 Å². The van der Waals surface area contributed by atoms with Gasteiger partial charge in [-0.15, -0.1) is 10.2 Å². The summed E-state index contributed by atoms with van der Waals surface area (Å²) in [6.45, 7) is 5.03. The van der Waals surface area contributed by atoms with E-state index in [0.717, 1.165) is 17.9 Å². The fraction of sp³-hybridized carbons (Fsp3) is 0.385. The summed E-state index contributed by atoms with van der Waals surface area (Å²) < 4.78 is 1.88. The van der Waals surface area contributed by atoms with Gasteiger partial charge in [-0.3, -0.25) is 4.98 Å². The SMILES string of the molecule is CCn1cnnc1CNC(=O)N[C@H](C)c1cccnc1. The number of nitrogens with one attached hydrogen (secondary N) is 2. The normalized spacial score (nSPS) is 11.9. The van der Waals surface area contributed by atoms with Crippen LogP contribution in [0.25, 0.3) is 0 Å². The van der Waals surface area contributed by atoms with E-state index < -0.39 is 0 Å². The van der Waals surface area contributed by atoms with Crippen molar-refractivity contribution in [3.8, 4) is 0 Å². The molecule has 2 heterocycles. The molecule has 0 unspecified atom stereocenters. The molecule has 1 atom stereocenters. The number of hydrogen-bond acceptors (Lipinski definition) is 4. The van der Waals surface area contributed by atoms with Crippen molar-refractivity contribution in [2.45, 2.75) is 33.0 Å². The minimum absolute atomic E-state index is 0.104. The smallest absolute Gasteiger partial charge is 0.315 e. The largest absolute Gasteiger partial charge is 0.332 e. The lowest BCUT2D eigenvalue weighted by Gasteiger charge is -2.14. The van der Waals surface area contributed by atoms with E-state index in [1.165, 1.54) is 0 Å². The summed E-state index contributed by atoms with van der Waals surface area (Å²) in [6.07, 6.45) is 5.08. The van der Waals surface area contributed by atoms with Crippen LogP contribution in [0.2, 0.25) is 0 Å². The predicted molar refractivity (Wildman–Crippen MR) is 73.7 cm³/mol. The van der Waals surface area contributed by atoms with E-state index in [9.17, 15) is 4.79 Å². The number of hydrogen-bond donors (Lipinski definition) is 2. The number of urea groups is 1. The number of aromatic nitrogens is 4. The van der Waals surface area contributed by atoms with E-state index in [4.69, 9.17) is 0 Å². The van der Waals surface area contributed by atoms with Gasteiger partial charge in [-0.05, 0) is 25.5 Å². The van der Waals surface area contributed by atoms with Crippen LogP contribution in [-0.4, -0.2) is 25.8 Å². The van der Waals surface area contributed by atoms with E-state index in [1.807, 2.05) is 30.5 Å². The molecule has 0 aliphatic carbocycles. The number of rotatable bonds is 5. The Bertz CT molecular complexity index is 553. The summed E-state index contributed by atoms with van der Waals surface area (Å²) in [7, 11) is 0. The monoisotopic (exact) mass is 274 g/mol. The topological polar surface area (TPSA) is 84.7 Å². The molecule has 7 heteroatoms. The van der Waals surface area contributed by atoms with Gasteiger partial charge in [-0.25, -0.2) is 4.79 Å². The Morgan fingerprint density at radius 2 is 2.35 bits per heavy atom. The zero-order chi connectivity index (χ0) is 14.4. The Morgan fingerprint density at radius 3 is 3.05 bits per heavy atom. The molecule has 2 rings (SSSR count). The van der Waals surface area contributed by atoms with E-state index in [0.29, 0.717) is 6.54 Å². The molecule has 0 saturated heterocycles. The zero-order valence-corrected chi connectivity index (χ0v) is 11.6. The highest BCUT2D eigenvalue weighted by atomic mass is 16.2. The Balaban J connectivity index is 1.84. The summed E-state index contributed by atoms with van der Waals surface area (Å²) >= 11 is 0. The second-order valence-corrected chi connectivity index (χ2v) is 4.37. The molecule has 7 nitrogen and oxygen atoms in total. The standard InChI is InChI=1S/C13H18N6O/c1-3-19-9-16-18-12(19)8-15-13(20)17-10(2)11-5-4-6-14-7-11/h4-7,9-10H,3,8H2,1-2H3,(H2,15,17,20)/t10-/m1/s1. The molecule has 0 aromatic carbocycles. The molecule has 0 saturated carbocycles. The number of nitrogens with zero attached hydrogens (tertiary/aromatic N) is 4. The molecule has 2 N–H and O–H groups in total. The number of amides is 2. The summed E-state index contributed by atoms with van der Waals surface area (Å²) in [5.41, 5.74) is 0.958.